The zero-order valence-electron chi connectivity index (χ0n) is 54.3. The van der Waals surface area contributed by atoms with E-state index in [0.717, 1.165) is 44.9 Å². The number of rotatable bonds is 64. The molecule has 7 atom stereocenters. The fraction of sp³-hybridized carbons (Fsp3) is 0.904. The maximum absolute atomic E-state index is 13.1. The number of unbranched alkanes of at least 4 members (excludes halogenated alkanes) is 50. The topological polar surface area (TPSA) is 149 Å². The van der Waals surface area contributed by atoms with Crippen LogP contribution in [0.5, 0.6) is 0 Å². The lowest BCUT2D eigenvalue weighted by molar-refractivity contribution is -0.302. The molecule has 9 heteroatoms. The van der Waals surface area contributed by atoms with Gasteiger partial charge in [0.15, 0.2) is 6.29 Å². The van der Waals surface area contributed by atoms with Crippen LogP contribution in [0.25, 0.3) is 0 Å². The van der Waals surface area contributed by atoms with E-state index in [9.17, 15) is 30.3 Å². The van der Waals surface area contributed by atoms with E-state index in [0.29, 0.717) is 6.42 Å². The highest BCUT2D eigenvalue weighted by atomic mass is 16.7. The molecule has 0 aromatic rings. The van der Waals surface area contributed by atoms with Crippen molar-refractivity contribution >= 4 is 5.91 Å². The van der Waals surface area contributed by atoms with E-state index in [4.69, 9.17) is 9.47 Å². The minimum Gasteiger partial charge on any atom is -0.394 e. The van der Waals surface area contributed by atoms with Gasteiger partial charge in [-0.2, -0.15) is 0 Å². The van der Waals surface area contributed by atoms with E-state index in [1.807, 2.05) is 6.08 Å². The predicted octanol–water partition coefficient (Wildman–Crippen LogP) is 19.8. The molecule has 484 valence electrons. The molecule has 9 nitrogen and oxygen atoms in total. The van der Waals surface area contributed by atoms with Crippen LogP contribution in [0.1, 0.15) is 367 Å². The highest BCUT2D eigenvalue weighted by molar-refractivity contribution is 5.76. The summed E-state index contributed by atoms with van der Waals surface area (Å²) in [6, 6.07) is -0.805. The zero-order valence-corrected chi connectivity index (χ0v) is 54.3. The summed E-state index contributed by atoms with van der Waals surface area (Å²) in [6.07, 6.45) is 76.9. The maximum Gasteiger partial charge on any atom is 0.220 e. The molecule has 0 spiro atoms. The van der Waals surface area contributed by atoms with Crippen molar-refractivity contribution < 1.29 is 39.8 Å². The van der Waals surface area contributed by atoms with E-state index in [1.165, 1.54) is 302 Å². The third-order valence-electron chi connectivity index (χ3n) is 17.5. The Morgan fingerprint density at radius 2 is 0.720 bits per heavy atom. The van der Waals surface area contributed by atoms with Crippen LogP contribution in [0.15, 0.2) is 36.5 Å². The molecule has 0 radical (unpaired) electrons. The zero-order chi connectivity index (χ0) is 59.3. The van der Waals surface area contributed by atoms with Crippen molar-refractivity contribution in [3.8, 4) is 0 Å². The number of ether oxygens (including phenoxy) is 2. The van der Waals surface area contributed by atoms with Crippen LogP contribution in [0.3, 0.4) is 0 Å². The van der Waals surface area contributed by atoms with Gasteiger partial charge >= 0.3 is 0 Å². The molecule has 0 saturated carbocycles. The summed E-state index contributed by atoms with van der Waals surface area (Å²) in [5.41, 5.74) is 0. The third kappa shape index (κ3) is 50.6. The van der Waals surface area contributed by atoms with Gasteiger partial charge in [-0.15, -0.1) is 0 Å². The van der Waals surface area contributed by atoms with Gasteiger partial charge in [0.1, 0.15) is 24.4 Å². The average Bonchev–Trinajstić information content (AvgIpc) is 3.59. The molecule has 1 saturated heterocycles. The SMILES string of the molecule is CCCCCCCCCCCCCCC/C=C\C/C=C\CCCCCCCCCCCCCCCCCCCC(=O)NC(COC1OC(CO)C(O)C(O)C1O)C(O)/C=C/CCCCCCCCCCCCCCCCCCCCCC. The Bertz CT molecular complexity index is 1390. The number of carbonyl (C=O) groups is 1. The van der Waals surface area contributed by atoms with Crippen molar-refractivity contribution in [3.05, 3.63) is 36.5 Å². The van der Waals surface area contributed by atoms with E-state index < -0.39 is 49.5 Å². The van der Waals surface area contributed by atoms with Gasteiger partial charge in [0.05, 0.1) is 25.4 Å². The highest BCUT2D eigenvalue weighted by Crippen LogP contribution is 2.24. The Morgan fingerprint density at radius 1 is 0.415 bits per heavy atom. The second-order valence-electron chi connectivity index (χ2n) is 25.4. The molecule has 0 aliphatic carbocycles. The van der Waals surface area contributed by atoms with Crippen LogP contribution >= 0.6 is 0 Å². The Balaban J connectivity index is 2.08. The minimum atomic E-state index is -1.57. The quantitative estimate of drug-likeness (QED) is 0.0261. The van der Waals surface area contributed by atoms with Crippen LogP contribution in [-0.4, -0.2) is 87.5 Å². The first-order valence-corrected chi connectivity index (χ1v) is 36.2. The van der Waals surface area contributed by atoms with Crippen LogP contribution in [0, 0.1) is 0 Å². The van der Waals surface area contributed by atoms with Crippen molar-refractivity contribution in [2.45, 2.75) is 410 Å². The van der Waals surface area contributed by atoms with Gasteiger partial charge in [0.2, 0.25) is 5.91 Å². The average molecular weight is 1160 g/mol. The molecule has 0 bridgehead atoms. The summed E-state index contributed by atoms with van der Waals surface area (Å²) in [4.78, 5) is 13.1. The van der Waals surface area contributed by atoms with Gasteiger partial charge in [0, 0.05) is 6.42 Å². The summed E-state index contributed by atoms with van der Waals surface area (Å²) in [5, 5.41) is 54.8. The maximum atomic E-state index is 13.1. The van der Waals surface area contributed by atoms with Crippen LogP contribution in [0.2, 0.25) is 0 Å². The van der Waals surface area contributed by atoms with E-state index in [2.05, 4.69) is 43.5 Å². The standard InChI is InChI=1S/C73H139NO8/c1-3-5-7-9-11-13-15-17-19-21-23-25-27-28-29-30-31-32-33-34-35-36-37-38-39-40-41-43-45-47-49-51-53-55-57-59-61-63-69(77)74-66(65-81-73-72(80)71(79)70(78)68(64-75)82-73)67(76)62-60-58-56-54-52-50-48-46-44-42-26-24-22-20-18-16-14-12-10-8-6-4-2/h29-30,32-33,60,62,66-68,70-73,75-76,78-80H,3-28,31,34-59,61,63-65H2,1-2H3,(H,74,77)/b30-29-,33-32-,62-60+. The van der Waals surface area contributed by atoms with Crippen molar-refractivity contribution in [2.75, 3.05) is 13.2 Å². The lowest BCUT2D eigenvalue weighted by atomic mass is 9.99. The Hall–Kier alpha value is -1.59. The molecule has 0 aromatic carbocycles. The largest absolute Gasteiger partial charge is 0.394 e. The summed E-state index contributed by atoms with van der Waals surface area (Å²) in [6.45, 7) is 3.83. The number of allylic oxidation sites excluding steroid dienone is 5. The molecule has 1 aliphatic heterocycles. The second-order valence-corrected chi connectivity index (χ2v) is 25.4. The Morgan fingerprint density at radius 3 is 1.05 bits per heavy atom. The van der Waals surface area contributed by atoms with Crippen LogP contribution in [-0.2, 0) is 14.3 Å². The number of hydrogen-bond acceptors (Lipinski definition) is 8. The Kier molecular flexibility index (Phi) is 59.7. The van der Waals surface area contributed by atoms with Crippen LogP contribution < -0.4 is 5.32 Å². The van der Waals surface area contributed by atoms with Crippen molar-refractivity contribution in [1.82, 2.24) is 5.32 Å². The first kappa shape index (κ1) is 78.4. The molecule has 1 fully saturated rings. The molecule has 7 unspecified atom stereocenters. The van der Waals surface area contributed by atoms with Gasteiger partial charge < -0.3 is 40.3 Å². The summed E-state index contributed by atoms with van der Waals surface area (Å²) >= 11 is 0. The fourth-order valence-electron chi connectivity index (χ4n) is 11.8. The molecule has 1 rings (SSSR count). The number of hydrogen-bond donors (Lipinski definition) is 6. The van der Waals surface area contributed by atoms with Crippen LogP contribution in [0.4, 0.5) is 0 Å². The van der Waals surface area contributed by atoms with Crippen molar-refractivity contribution in [1.29, 1.82) is 0 Å². The molecular formula is C73H139NO8. The van der Waals surface area contributed by atoms with Gasteiger partial charge in [-0.25, -0.2) is 0 Å². The van der Waals surface area contributed by atoms with E-state index in [1.54, 1.807) is 6.08 Å². The van der Waals surface area contributed by atoms with Gasteiger partial charge in [-0.3, -0.25) is 4.79 Å². The predicted molar refractivity (Wildman–Crippen MR) is 350 cm³/mol. The second kappa shape index (κ2) is 62.5. The Labute approximate surface area is 508 Å². The first-order valence-electron chi connectivity index (χ1n) is 36.2. The molecule has 6 N–H and O–H groups in total. The molecule has 1 amide bonds. The lowest BCUT2D eigenvalue weighted by Gasteiger charge is -2.40. The molecule has 1 heterocycles. The monoisotopic (exact) mass is 1160 g/mol. The number of nitrogens with one attached hydrogen (secondary N) is 1. The van der Waals surface area contributed by atoms with E-state index in [-0.39, 0.29) is 12.5 Å². The van der Waals surface area contributed by atoms with Gasteiger partial charge in [-0.1, -0.05) is 346 Å². The molecule has 0 aromatic heterocycles. The smallest absolute Gasteiger partial charge is 0.220 e. The normalized spacial score (nSPS) is 18.5. The first-order chi connectivity index (χ1) is 40.3. The van der Waals surface area contributed by atoms with Gasteiger partial charge in [-0.05, 0) is 51.4 Å². The number of amides is 1. The lowest BCUT2D eigenvalue weighted by Crippen LogP contribution is -2.60. The molecule has 1 aliphatic rings. The highest BCUT2D eigenvalue weighted by Gasteiger charge is 2.44. The third-order valence-corrected chi connectivity index (χ3v) is 17.5. The number of aliphatic hydroxyl groups excluding tert-OH is 5. The minimum absolute atomic E-state index is 0.170. The fourth-order valence-corrected chi connectivity index (χ4v) is 11.8. The summed E-state index contributed by atoms with van der Waals surface area (Å²) in [7, 11) is 0. The summed E-state index contributed by atoms with van der Waals surface area (Å²) in [5.74, 6) is -0.170. The van der Waals surface area contributed by atoms with Crippen molar-refractivity contribution in [2.24, 2.45) is 0 Å². The number of aliphatic hydroxyl groups is 5. The number of carbonyl (C=O) groups excluding carboxylic acids is 1. The van der Waals surface area contributed by atoms with Gasteiger partial charge in [0.25, 0.3) is 0 Å². The van der Waals surface area contributed by atoms with E-state index >= 15 is 0 Å². The molecular weight excluding hydrogens is 1020 g/mol. The molecule has 82 heavy (non-hydrogen) atoms. The van der Waals surface area contributed by atoms with Crippen molar-refractivity contribution in [3.63, 3.8) is 0 Å². The summed E-state index contributed by atoms with van der Waals surface area (Å²) < 4.78 is 11.3.